The Kier molecular flexibility index (Phi) is 4.74. The van der Waals surface area contributed by atoms with Crippen molar-refractivity contribution in [3.8, 4) is 0 Å². The zero-order chi connectivity index (χ0) is 12.3. The number of amides is 1. The first-order chi connectivity index (χ1) is 7.41. The maximum Gasteiger partial charge on any atom is 0.239 e. The molecule has 1 aliphatic heterocycles. The second-order valence-electron chi connectivity index (χ2n) is 5.32. The van der Waals surface area contributed by atoms with Gasteiger partial charge in [-0.2, -0.15) is 0 Å². The van der Waals surface area contributed by atoms with Crippen LogP contribution in [0.3, 0.4) is 0 Å². The van der Waals surface area contributed by atoms with Crippen molar-refractivity contribution in [2.75, 3.05) is 13.1 Å². The van der Waals surface area contributed by atoms with Crippen LogP contribution < -0.4 is 5.73 Å². The van der Waals surface area contributed by atoms with E-state index in [1.807, 2.05) is 0 Å². The van der Waals surface area contributed by atoms with Gasteiger partial charge in [0.05, 0.1) is 12.1 Å². The first kappa shape index (κ1) is 13.5. The normalized spacial score (nSPS) is 28.2. The Morgan fingerprint density at radius 2 is 2.12 bits per heavy atom. The highest BCUT2D eigenvalue weighted by Gasteiger charge is 2.31. The molecule has 3 atom stereocenters. The molecule has 0 bridgehead atoms. The SMILES string of the molecule is CC(C)C[C@@H]1CN(C(=O)[C@H](C)N)CC[C@@H]1O. The van der Waals surface area contributed by atoms with Gasteiger partial charge in [-0.05, 0) is 25.7 Å². The van der Waals surface area contributed by atoms with Crippen LogP contribution in [0.15, 0.2) is 0 Å². The van der Waals surface area contributed by atoms with Crippen LogP contribution in [0.25, 0.3) is 0 Å². The number of piperidine rings is 1. The maximum absolute atomic E-state index is 11.8. The van der Waals surface area contributed by atoms with Crippen LogP contribution in [0.2, 0.25) is 0 Å². The third-order valence-corrected chi connectivity index (χ3v) is 3.17. The zero-order valence-electron chi connectivity index (χ0n) is 10.5. The molecule has 94 valence electrons. The average molecular weight is 228 g/mol. The molecule has 1 fully saturated rings. The average Bonchev–Trinajstić information content (AvgIpc) is 2.19. The van der Waals surface area contributed by atoms with E-state index in [1.165, 1.54) is 0 Å². The predicted octanol–water partition coefficient (Wildman–Crippen LogP) is 0.589. The van der Waals surface area contributed by atoms with E-state index in [0.717, 1.165) is 6.42 Å². The third-order valence-electron chi connectivity index (χ3n) is 3.17. The molecule has 1 amide bonds. The highest BCUT2D eigenvalue weighted by Crippen LogP contribution is 2.24. The van der Waals surface area contributed by atoms with Crippen LogP contribution in [0.4, 0.5) is 0 Å². The van der Waals surface area contributed by atoms with E-state index < -0.39 is 6.04 Å². The summed E-state index contributed by atoms with van der Waals surface area (Å²) in [5.41, 5.74) is 5.59. The summed E-state index contributed by atoms with van der Waals surface area (Å²) in [6, 6.07) is -0.435. The highest BCUT2D eigenvalue weighted by molar-refractivity contribution is 5.81. The van der Waals surface area contributed by atoms with E-state index >= 15 is 0 Å². The number of likely N-dealkylation sites (tertiary alicyclic amines) is 1. The Morgan fingerprint density at radius 1 is 1.50 bits per heavy atom. The van der Waals surface area contributed by atoms with Crippen molar-refractivity contribution in [1.82, 2.24) is 4.90 Å². The fourth-order valence-corrected chi connectivity index (χ4v) is 2.35. The lowest BCUT2D eigenvalue weighted by molar-refractivity contribution is -0.136. The van der Waals surface area contributed by atoms with E-state index in [1.54, 1.807) is 11.8 Å². The molecule has 0 spiro atoms. The number of aliphatic hydroxyl groups is 1. The summed E-state index contributed by atoms with van der Waals surface area (Å²) in [7, 11) is 0. The number of rotatable bonds is 3. The van der Waals surface area contributed by atoms with Gasteiger partial charge in [0.1, 0.15) is 0 Å². The molecule has 4 nitrogen and oxygen atoms in total. The minimum Gasteiger partial charge on any atom is -0.393 e. The Morgan fingerprint density at radius 3 is 2.62 bits per heavy atom. The molecule has 1 aliphatic rings. The molecule has 0 aromatic carbocycles. The van der Waals surface area contributed by atoms with E-state index in [2.05, 4.69) is 13.8 Å². The topological polar surface area (TPSA) is 66.6 Å². The van der Waals surface area contributed by atoms with Gasteiger partial charge in [-0.25, -0.2) is 0 Å². The Balaban J connectivity index is 2.56. The van der Waals surface area contributed by atoms with E-state index in [-0.39, 0.29) is 17.9 Å². The van der Waals surface area contributed by atoms with Crippen LogP contribution in [0.1, 0.15) is 33.6 Å². The molecule has 1 heterocycles. The van der Waals surface area contributed by atoms with Gasteiger partial charge in [0.15, 0.2) is 0 Å². The summed E-state index contributed by atoms with van der Waals surface area (Å²) in [5.74, 6) is 0.752. The van der Waals surface area contributed by atoms with E-state index in [0.29, 0.717) is 25.4 Å². The molecule has 1 rings (SSSR count). The Hall–Kier alpha value is -0.610. The van der Waals surface area contributed by atoms with Gasteiger partial charge < -0.3 is 15.7 Å². The number of carbonyl (C=O) groups is 1. The van der Waals surface area contributed by atoms with Crippen molar-refractivity contribution < 1.29 is 9.90 Å². The Labute approximate surface area is 97.8 Å². The summed E-state index contributed by atoms with van der Waals surface area (Å²) in [6.07, 6.45) is 1.37. The van der Waals surface area contributed by atoms with E-state index in [9.17, 15) is 9.90 Å². The molecule has 0 radical (unpaired) electrons. The molecule has 4 heteroatoms. The summed E-state index contributed by atoms with van der Waals surface area (Å²) < 4.78 is 0. The first-order valence-corrected chi connectivity index (χ1v) is 6.14. The first-order valence-electron chi connectivity index (χ1n) is 6.14. The van der Waals surface area contributed by atoms with Crippen molar-refractivity contribution in [3.05, 3.63) is 0 Å². The van der Waals surface area contributed by atoms with Crippen LogP contribution in [0.5, 0.6) is 0 Å². The molecule has 0 aromatic rings. The minimum atomic E-state index is -0.435. The van der Waals surface area contributed by atoms with Crippen molar-refractivity contribution in [2.24, 2.45) is 17.6 Å². The summed E-state index contributed by atoms with van der Waals surface area (Å²) in [6.45, 7) is 7.28. The number of hydrogen-bond acceptors (Lipinski definition) is 3. The fraction of sp³-hybridized carbons (Fsp3) is 0.917. The second-order valence-corrected chi connectivity index (χ2v) is 5.32. The van der Waals surface area contributed by atoms with Crippen LogP contribution in [-0.4, -0.2) is 41.1 Å². The monoisotopic (exact) mass is 228 g/mol. The lowest BCUT2D eigenvalue weighted by atomic mass is 9.87. The lowest BCUT2D eigenvalue weighted by Crippen LogP contribution is -2.50. The summed E-state index contributed by atoms with van der Waals surface area (Å²) in [5, 5.41) is 9.89. The predicted molar refractivity (Wildman–Crippen MR) is 63.8 cm³/mol. The molecule has 3 N–H and O–H groups in total. The van der Waals surface area contributed by atoms with Gasteiger partial charge in [-0.15, -0.1) is 0 Å². The van der Waals surface area contributed by atoms with Gasteiger partial charge in [-0.3, -0.25) is 4.79 Å². The van der Waals surface area contributed by atoms with Crippen molar-refractivity contribution in [3.63, 3.8) is 0 Å². The van der Waals surface area contributed by atoms with Crippen molar-refractivity contribution in [1.29, 1.82) is 0 Å². The quantitative estimate of drug-likeness (QED) is 0.743. The van der Waals surface area contributed by atoms with Gasteiger partial charge in [0, 0.05) is 19.0 Å². The highest BCUT2D eigenvalue weighted by atomic mass is 16.3. The largest absolute Gasteiger partial charge is 0.393 e. The van der Waals surface area contributed by atoms with Gasteiger partial charge in [0.25, 0.3) is 0 Å². The molecule has 16 heavy (non-hydrogen) atoms. The van der Waals surface area contributed by atoms with Crippen LogP contribution in [0, 0.1) is 11.8 Å². The van der Waals surface area contributed by atoms with Gasteiger partial charge in [-0.1, -0.05) is 13.8 Å². The third kappa shape index (κ3) is 3.46. The number of nitrogens with zero attached hydrogens (tertiary/aromatic N) is 1. The number of hydrogen-bond donors (Lipinski definition) is 2. The molecule has 0 aromatic heterocycles. The lowest BCUT2D eigenvalue weighted by Gasteiger charge is -2.37. The van der Waals surface area contributed by atoms with Gasteiger partial charge >= 0.3 is 0 Å². The van der Waals surface area contributed by atoms with E-state index in [4.69, 9.17) is 5.73 Å². The van der Waals surface area contributed by atoms with Crippen molar-refractivity contribution >= 4 is 5.91 Å². The summed E-state index contributed by atoms with van der Waals surface area (Å²) in [4.78, 5) is 13.6. The zero-order valence-corrected chi connectivity index (χ0v) is 10.5. The molecule has 0 aliphatic carbocycles. The molecule has 0 saturated carbocycles. The van der Waals surface area contributed by atoms with Gasteiger partial charge in [0.2, 0.25) is 5.91 Å². The van der Waals surface area contributed by atoms with Crippen LogP contribution >= 0.6 is 0 Å². The number of carbonyl (C=O) groups excluding carboxylic acids is 1. The summed E-state index contributed by atoms with van der Waals surface area (Å²) >= 11 is 0. The second kappa shape index (κ2) is 5.64. The molecule has 1 saturated heterocycles. The maximum atomic E-state index is 11.8. The molecular formula is C12H24N2O2. The molecule has 0 unspecified atom stereocenters. The number of nitrogens with two attached hydrogens (primary N) is 1. The number of aliphatic hydroxyl groups excluding tert-OH is 1. The Bertz CT molecular complexity index is 241. The van der Waals surface area contributed by atoms with Crippen molar-refractivity contribution in [2.45, 2.75) is 45.8 Å². The molecular weight excluding hydrogens is 204 g/mol. The fourth-order valence-electron chi connectivity index (χ4n) is 2.35. The van der Waals surface area contributed by atoms with Crippen LogP contribution in [-0.2, 0) is 4.79 Å². The minimum absolute atomic E-state index is 0.000608. The smallest absolute Gasteiger partial charge is 0.239 e. The standard InChI is InChI=1S/C12H24N2O2/c1-8(2)6-10-7-14(5-4-11(10)15)12(16)9(3)13/h8-11,15H,4-7,13H2,1-3H3/t9-,10+,11-/m0/s1.